The topological polar surface area (TPSA) is 71.2 Å². The van der Waals surface area contributed by atoms with E-state index in [1.807, 2.05) is 12.1 Å². The number of aromatic nitrogens is 1. The van der Waals surface area contributed by atoms with E-state index in [0.717, 1.165) is 43.0 Å². The predicted molar refractivity (Wildman–Crippen MR) is 107 cm³/mol. The Labute approximate surface area is 156 Å². The Kier molecular flexibility index (Phi) is 7.60. The third-order valence-corrected chi connectivity index (χ3v) is 4.69. The van der Waals surface area contributed by atoms with Gasteiger partial charge in [-0.05, 0) is 55.4 Å². The molecule has 1 aromatic heterocycles. The van der Waals surface area contributed by atoms with Gasteiger partial charge in [-0.2, -0.15) is 0 Å². The lowest BCUT2D eigenvalue weighted by molar-refractivity contribution is -0.120. The molecule has 1 aliphatic rings. The van der Waals surface area contributed by atoms with Gasteiger partial charge in [-0.1, -0.05) is 37.8 Å². The zero-order valence-electron chi connectivity index (χ0n) is 14.6. The molecule has 1 amide bonds. The van der Waals surface area contributed by atoms with Crippen molar-refractivity contribution >= 4 is 11.7 Å². The normalized spacial score (nSPS) is 13.8. The first-order valence-electron chi connectivity index (χ1n) is 9.03. The molecule has 5 heteroatoms. The van der Waals surface area contributed by atoms with E-state index in [4.69, 9.17) is 10.8 Å². The Morgan fingerprint density at radius 1 is 1.00 bits per heavy atom. The summed E-state index contributed by atoms with van der Waals surface area (Å²) in [5.74, 6) is 6.05. The number of pyridine rings is 1. The number of carbonyl (C=O) groups excluding carboxylic acids is 1. The second-order valence-corrected chi connectivity index (χ2v) is 6.60. The number of carbonyl (C=O) groups is 1. The molecular formula is C21H30N4O. The van der Waals surface area contributed by atoms with Gasteiger partial charge in [-0.15, -0.1) is 0 Å². The summed E-state index contributed by atoms with van der Waals surface area (Å²) in [6, 6.07) is 14.5. The van der Waals surface area contributed by atoms with Crippen LogP contribution in [-0.4, -0.2) is 24.0 Å². The highest BCUT2D eigenvalue weighted by Gasteiger charge is 2.12. The molecule has 2 aromatic rings. The van der Waals surface area contributed by atoms with Gasteiger partial charge < -0.3 is 4.90 Å². The third kappa shape index (κ3) is 5.56. The van der Waals surface area contributed by atoms with Crippen molar-refractivity contribution < 1.29 is 4.79 Å². The molecule has 1 saturated heterocycles. The SMILES string of the molecule is C.NNC(=O)Cc1ccc(CCc2cccc(N3CCCCC3)n2)cc1. The van der Waals surface area contributed by atoms with E-state index >= 15 is 0 Å². The summed E-state index contributed by atoms with van der Waals surface area (Å²) in [6.07, 6.45) is 6.04. The third-order valence-electron chi connectivity index (χ3n) is 4.69. The number of amides is 1. The lowest BCUT2D eigenvalue weighted by Gasteiger charge is -2.28. The minimum absolute atomic E-state index is 0. The standard InChI is InChI=1S/C20H26N4O.CH4/c21-23-20(25)15-17-9-7-16(8-10-17)11-12-18-5-4-6-19(22-18)24-13-2-1-3-14-24;/h4-10H,1-3,11-15,21H2,(H,23,25);1H4. The van der Waals surface area contributed by atoms with Crippen LogP contribution in [0.4, 0.5) is 5.82 Å². The Morgan fingerprint density at radius 3 is 2.38 bits per heavy atom. The molecule has 0 unspecified atom stereocenters. The summed E-state index contributed by atoms with van der Waals surface area (Å²) in [5, 5.41) is 0. The van der Waals surface area contributed by atoms with E-state index in [9.17, 15) is 4.79 Å². The number of rotatable bonds is 6. The summed E-state index contributed by atoms with van der Waals surface area (Å²) in [5.41, 5.74) is 5.51. The van der Waals surface area contributed by atoms with Gasteiger partial charge in [0.1, 0.15) is 5.82 Å². The first-order valence-corrected chi connectivity index (χ1v) is 9.03. The van der Waals surface area contributed by atoms with Crippen LogP contribution in [0.1, 0.15) is 43.5 Å². The molecule has 0 spiro atoms. The van der Waals surface area contributed by atoms with Crippen molar-refractivity contribution in [3.8, 4) is 0 Å². The van der Waals surface area contributed by atoms with Crippen LogP contribution in [0.5, 0.6) is 0 Å². The quantitative estimate of drug-likeness (QED) is 0.475. The molecular weight excluding hydrogens is 324 g/mol. The molecule has 1 aliphatic heterocycles. The molecule has 26 heavy (non-hydrogen) atoms. The van der Waals surface area contributed by atoms with Crippen molar-refractivity contribution in [1.29, 1.82) is 0 Å². The highest BCUT2D eigenvalue weighted by atomic mass is 16.2. The number of aryl methyl sites for hydroxylation is 2. The van der Waals surface area contributed by atoms with Gasteiger partial charge >= 0.3 is 0 Å². The smallest absolute Gasteiger partial charge is 0.238 e. The number of hydrogen-bond donors (Lipinski definition) is 2. The number of nitrogens with one attached hydrogen (secondary N) is 1. The zero-order valence-corrected chi connectivity index (χ0v) is 14.6. The molecule has 140 valence electrons. The number of benzene rings is 1. The van der Waals surface area contributed by atoms with Crippen LogP contribution in [0.3, 0.4) is 0 Å². The van der Waals surface area contributed by atoms with Crippen molar-refractivity contribution in [3.05, 3.63) is 59.3 Å². The summed E-state index contributed by atoms with van der Waals surface area (Å²) in [7, 11) is 0. The Bertz CT molecular complexity index is 693. The number of nitrogens with zero attached hydrogens (tertiary/aromatic N) is 2. The summed E-state index contributed by atoms with van der Waals surface area (Å²) < 4.78 is 0. The molecule has 0 saturated carbocycles. The maximum atomic E-state index is 11.3. The second-order valence-electron chi connectivity index (χ2n) is 6.60. The molecule has 0 bridgehead atoms. The van der Waals surface area contributed by atoms with Gasteiger partial charge in [0.2, 0.25) is 5.91 Å². The minimum Gasteiger partial charge on any atom is -0.357 e. The van der Waals surface area contributed by atoms with Crippen LogP contribution in [-0.2, 0) is 24.1 Å². The van der Waals surface area contributed by atoms with Crippen molar-refractivity contribution in [2.75, 3.05) is 18.0 Å². The van der Waals surface area contributed by atoms with Crippen LogP contribution in [0.15, 0.2) is 42.5 Å². The first kappa shape index (κ1) is 19.9. The van der Waals surface area contributed by atoms with Crippen molar-refractivity contribution in [2.24, 2.45) is 5.84 Å². The molecule has 0 radical (unpaired) electrons. The van der Waals surface area contributed by atoms with Crippen LogP contribution in [0.25, 0.3) is 0 Å². The molecule has 1 aromatic carbocycles. The van der Waals surface area contributed by atoms with Gasteiger partial charge in [0.25, 0.3) is 0 Å². The Balaban J connectivity index is 0.00000243. The van der Waals surface area contributed by atoms with E-state index in [2.05, 4.69) is 40.7 Å². The largest absolute Gasteiger partial charge is 0.357 e. The van der Waals surface area contributed by atoms with Gasteiger partial charge in [-0.3, -0.25) is 10.2 Å². The summed E-state index contributed by atoms with van der Waals surface area (Å²) in [4.78, 5) is 18.5. The number of nitrogens with two attached hydrogens (primary N) is 1. The van der Waals surface area contributed by atoms with E-state index in [1.165, 1.54) is 24.8 Å². The molecule has 0 aliphatic carbocycles. The molecule has 2 heterocycles. The lowest BCUT2D eigenvalue weighted by atomic mass is 10.0. The van der Waals surface area contributed by atoms with Crippen LogP contribution in [0, 0.1) is 0 Å². The number of piperidine rings is 1. The highest BCUT2D eigenvalue weighted by Crippen LogP contribution is 2.18. The van der Waals surface area contributed by atoms with Crippen molar-refractivity contribution in [2.45, 2.75) is 46.0 Å². The molecule has 5 nitrogen and oxygen atoms in total. The van der Waals surface area contributed by atoms with Gasteiger partial charge in [-0.25, -0.2) is 10.8 Å². The number of hydrazine groups is 1. The second kappa shape index (κ2) is 9.92. The van der Waals surface area contributed by atoms with E-state index in [0.29, 0.717) is 6.42 Å². The average molecular weight is 354 g/mol. The van der Waals surface area contributed by atoms with Crippen LogP contribution < -0.4 is 16.2 Å². The average Bonchev–Trinajstić information content (AvgIpc) is 2.68. The van der Waals surface area contributed by atoms with Gasteiger partial charge in [0.05, 0.1) is 6.42 Å². The first-order chi connectivity index (χ1) is 12.2. The molecule has 1 fully saturated rings. The predicted octanol–water partition coefficient (Wildman–Crippen LogP) is 3.03. The highest BCUT2D eigenvalue weighted by molar-refractivity contribution is 5.77. The van der Waals surface area contributed by atoms with Crippen molar-refractivity contribution in [1.82, 2.24) is 10.4 Å². The molecule has 3 rings (SSSR count). The Hall–Kier alpha value is -2.40. The van der Waals surface area contributed by atoms with E-state index in [1.54, 1.807) is 0 Å². The zero-order chi connectivity index (χ0) is 17.5. The fourth-order valence-corrected chi connectivity index (χ4v) is 3.24. The van der Waals surface area contributed by atoms with Crippen LogP contribution in [0.2, 0.25) is 0 Å². The fraction of sp³-hybridized carbons (Fsp3) is 0.429. The summed E-state index contributed by atoms with van der Waals surface area (Å²) in [6.45, 7) is 2.24. The molecule has 0 atom stereocenters. The summed E-state index contributed by atoms with van der Waals surface area (Å²) >= 11 is 0. The maximum absolute atomic E-state index is 11.3. The monoisotopic (exact) mass is 354 g/mol. The van der Waals surface area contributed by atoms with Crippen molar-refractivity contribution in [3.63, 3.8) is 0 Å². The number of hydrogen-bond acceptors (Lipinski definition) is 4. The maximum Gasteiger partial charge on any atom is 0.238 e. The van der Waals surface area contributed by atoms with E-state index in [-0.39, 0.29) is 13.3 Å². The van der Waals surface area contributed by atoms with E-state index < -0.39 is 0 Å². The van der Waals surface area contributed by atoms with Gasteiger partial charge in [0.15, 0.2) is 0 Å². The molecule has 3 N–H and O–H groups in total. The van der Waals surface area contributed by atoms with Crippen LogP contribution >= 0.6 is 0 Å². The lowest BCUT2D eigenvalue weighted by Crippen LogP contribution is -2.31. The van der Waals surface area contributed by atoms with Gasteiger partial charge in [0, 0.05) is 18.8 Å². The minimum atomic E-state index is -0.175. The number of anilines is 1. The Morgan fingerprint density at radius 2 is 1.69 bits per heavy atom. The fourth-order valence-electron chi connectivity index (χ4n) is 3.24.